The molecule has 104 valence electrons. The Labute approximate surface area is 113 Å². The summed E-state index contributed by atoms with van der Waals surface area (Å²) in [5.74, 6) is 0.519. The van der Waals surface area contributed by atoms with Crippen molar-refractivity contribution < 1.29 is 14.3 Å². The Morgan fingerprint density at radius 3 is 2.83 bits per heavy atom. The molecule has 6 heteroatoms. The molecule has 0 aliphatic carbocycles. The summed E-state index contributed by atoms with van der Waals surface area (Å²) in [5, 5.41) is 2.70. The van der Waals surface area contributed by atoms with Crippen molar-refractivity contribution in [2.45, 2.75) is 32.7 Å². The summed E-state index contributed by atoms with van der Waals surface area (Å²) >= 11 is 5.52. The van der Waals surface area contributed by atoms with Crippen LogP contribution in [0.2, 0.25) is 0 Å². The molecular weight excluding hydrogens is 256 g/mol. The molecule has 0 radical (unpaired) electrons. The van der Waals surface area contributed by atoms with E-state index in [9.17, 15) is 9.59 Å². The average molecular weight is 277 g/mol. The summed E-state index contributed by atoms with van der Waals surface area (Å²) in [6.45, 7) is 5.33. The molecule has 1 aliphatic rings. The lowest BCUT2D eigenvalue weighted by Crippen LogP contribution is -2.46. The van der Waals surface area contributed by atoms with Crippen molar-refractivity contribution in [1.82, 2.24) is 10.2 Å². The lowest BCUT2D eigenvalue weighted by atomic mass is 10.2. The monoisotopic (exact) mass is 276 g/mol. The molecule has 1 unspecified atom stereocenters. The first-order valence-electron chi connectivity index (χ1n) is 6.33. The van der Waals surface area contributed by atoms with Crippen LogP contribution in [0.25, 0.3) is 0 Å². The zero-order valence-electron chi connectivity index (χ0n) is 10.9. The molecule has 1 heterocycles. The maximum Gasteiger partial charge on any atom is 0.410 e. The van der Waals surface area contributed by atoms with Crippen LogP contribution in [0, 0.1) is 5.92 Å². The topological polar surface area (TPSA) is 58.6 Å². The van der Waals surface area contributed by atoms with Crippen molar-refractivity contribution in [1.29, 1.82) is 0 Å². The van der Waals surface area contributed by atoms with Crippen molar-refractivity contribution >= 4 is 23.6 Å². The van der Waals surface area contributed by atoms with E-state index in [4.69, 9.17) is 16.3 Å². The maximum absolute atomic E-state index is 11.8. The van der Waals surface area contributed by atoms with E-state index in [2.05, 4.69) is 5.32 Å². The maximum atomic E-state index is 11.8. The van der Waals surface area contributed by atoms with E-state index in [0.717, 1.165) is 6.42 Å². The van der Waals surface area contributed by atoms with E-state index in [0.29, 0.717) is 37.9 Å². The number of alkyl halides is 1. The van der Waals surface area contributed by atoms with Gasteiger partial charge in [-0.1, -0.05) is 13.8 Å². The third-order valence-electron chi connectivity index (χ3n) is 2.72. The van der Waals surface area contributed by atoms with Gasteiger partial charge in [0.15, 0.2) is 0 Å². The Balaban J connectivity index is 2.48. The molecule has 1 atom stereocenters. The van der Waals surface area contributed by atoms with Gasteiger partial charge < -0.3 is 10.1 Å². The van der Waals surface area contributed by atoms with Crippen LogP contribution < -0.4 is 5.32 Å². The molecule has 1 saturated heterocycles. The Morgan fingerprint density at radius 1 is 1.50 bits per heavy atom. The second-order valence-electron chi connectivity index (χ2n) is 4.80. The molecule has 1 fully saturated rings. The summed E-state index contributed by atoms with van der Waals surface area (Å²) in [6, 6.07) is -0.409. The first kappa shape index (κ1) is 15.1. The minimum absolute atomic E-state index is 0.144. The quantitative estimate of drug-likeness (QED) is 0.776. The molecule has 0 spiro atoms. The van der Waals surface area contributed by atoms with Crippen LogP contribution >= 0.6 is 11.6 Å². The van der Waals surface area contributed by atoms with Crippen LogP contribution in [0.3, 0.4) is 0 Å². The molecule has 0 aromatic heterocycles. The summed E-state index contributed by atoms with van der Waals surface area (Å²) in [4.78, 5) is 25.2. The van der Waals surface area contributed by atoms with Crippen LogP contribution in [0.4, 0.5) is 4.79 Å². The molecule has 1 N–H and O–H groups in total. The number of hydrogen-bond donors (Lipinski definition) is 1. The van der Waals surface area contributed by atoms with Gasteiger partial charge in [-0.25, -0.2) is 4.79 Å². The Kier molecular flexibility index (Phi) is 6.25. The highest BCUT2D eigenvalue weighted by Gasteiger charge is 2.34. The fourth-order valence-corrected chi connectivity index (χ4v) is 1.96. The zero-order chi connectivity index (χ0) is 13.5. The number of ether oxygens (including phenoxy) is 1. The van der Waals surface area contributed by atoms with Gasteiger partial charge in [-0.15, -0.1) is 11.6 Å². The van der Waals surface area contributed by atoms with Crippen LogP contribution in [-0.4, -0.2) is 48.5 Å². The van der Waals surface area contributed by atoms with Gasteiger partial charge in [-0.3, -0.25) is 9.69 Å². The number of likely N-dealkylation sites (tertiary alicyclic amines) is 1. The Hall–Kier alpha value is -0.970. The van der Waals surface area contributed by atoms with E-state index in [1.54, 1.807) is 0 Å². The van der Waals surface area contributed by atoms with Crippen molar-refractivity contribution in [3.05, 3.63) is 0 Å². The highest BCUT2D eigenvalue weighted by atomic mass is 35.5. The van der Waals surface area contributed by atoms with Crippen LogP contribution in [-0.2, 0) is 9.53 Å². The summed E-state index contributed by atoms with van der Waals surface area (Å²) in [7, 11) is 0. The van der Waals surface area contributed by atoms with Crippen molar-refractivity contribution in [2.24, 2.45) is 5.92 Å². The molecular formula is C12H21ClN2O3. The molecule has 0 aromatic carbocycles. The highest BCUT2D eigenvalue weighted by molar-refractivity contribution is 6.18. The fourth-order valence-electron chi connectivity index (χ4n) is 1.87. The van der Waals surface area contributed by atoms with Crippen molar-refractivity contribution in [3.8, 4) is 0 Å². The number of hydrogen-bond acceptors (Lipinski definition) is 3. The average Bonchev–Trinajstić information content (AvgIpc) is 2.82. The molecule has 0 aromatic rings. The number of rotatable bonds is 5. The van der Waals surface area contributed by atoms with Gasteiger partial charge in [-0.2, -0.15) is 0 Å². The van der Waals surface area contributed by atoms with E-state index in [-0.39, 0.29) is 5.91 Å². The zero-order valence-corrected chi connectivity index (χ0v) is 11.7. The molecule has 1 aliphatic heterocycles. The lowest BCUT2D eigenvalue weighted by molar-refractivity contribution is -0.125. The Morgan fingerprint density at radius 2 is 2.22 bits per heavy atom. The highest BCUT2D eigenvalue weighted by Crippen LogP contribution is 2.18. The van der Waals surface area contributed by atoms with Crippen molar-refractivity contribution in [3.63, 3.8) is 0 Å². The van der Waals surface area contributed by atoms with Gasteiger partial charge in [0, 0.05) is 19.0 Å². The summed E-state index contributed by atoms with van der Waals surface area (Å²) < 4.78 is 5.15. The smallest absolute Gasteiger partial charge is 0.410 e. The lowest BCUT2D eigenvalue weighted by Gasteiger charge is -2.23. The van der Waals surface area contributed by atoms with Crippen LogP contribution in [0.15, 0.2) is 0 Å². The standard InChI is InChI=1S/C12H21ClN2O3/c1-9(2)8-18-12(17)15-7-3-4-10(15)11(16)14-6-5-13/h9-10H,3-8H2,1-2H3,(H,14,16). The predicted molar refractivity (Wildman–Crippen MR) is 69.6 cm³/mol. The van der Waals surface area contributed by atoms with Crippen LogP contribution in [0.1, 0.15) is 26.7 Å². The molecule has 1 rings (SSSR count). The number of nitrogens with zero attached hydrogens (tertiary/aromatic N) is 1. The number of carbonyl (C=O) groups excluding carboxylic acids is 2. The largest absolute Gasteiger partial charge is 0.449 e. The first-order chi connectivity index (χ1) is 8.56. The summed E-state index contributed by atoms with van der Waals surface area (Å²) in [6.07, 6.45) is 1.12. The normalized spacial score (nSPS) is 19.1. The SMILES string of the molecule is CC(C)COC(=O)N1CCCC1C(=O)NCCCl. The van der Waals surface area contributed by atoms with Gasteiger partial charge in [0.05, 0.1) is 6.61 Å². The molecule has 2 amide bonds. The first-order valence-corrected chi connectivity index (χ1v) is 6.86. The molecule has 0 bridgehead atoms. The second kappa shape index (κ2) is 7.46. The Bertz CT molecular complexity index is 297. The third kappa shape index (κ3) is 4.37. The molecule has 0 saturated carbocycles. The third-order valence-corrected chi connectivity index (χ3v) is 2.91. The van der Waals surface area contributed by atoms with Crippen LogP contribution in [0.5, 0.6) is 0 Å². The minimum Gasteiger partial charge on any atom is -0.449 e. The van der Waals surface area contributed by atoms with Gasteiger partial charge in [0.25, 0.3) is 0 Å². The van der Waals surface area contributed by atoms with Gasteiger partial charge >= 0.3 is 6.09 Å². The van der Waals surface area contributed by atoms with E-state index in [1.165, 1.54) is 4.90 Å². The number of nitrogens with one attached hydrogen (secondary N) is 1. The van der Waals surface area contributed by atoms with Gasteiger partial charge in [0.1, 0.15) is 6.04 Å². The minimum atomic E-state index is -0.409. The predicted octanol–water partition coefficient (Wildman–Crippen LogP) is 1.60. The number of amides is 2. The van der Waals surface area contributed by atoms with Gasteiger partial charge in [-0.05, 0) is 18.8 Å². The fraction of sp³-hybridized carbons (Fsp3) is 0.833. The number of halogens is 1. The summed E-state index contributed by atoms with van der Waals surface area (Å²) in [5.41, 5.74) is 0. The molecule has 18 heavy (non-hydrogen) atoms. The second-order valence-corrected chi connectivity index (χ2v) is 5.18. The van der Waals surface area contributed by atoms with Crippen molar-refractivity contribution in [2.75, 3.05) is 25.6 Å². The number of carbonyl (C=O) groups is 2. The van der Waals surface area contributed by atoms with E-state index >= 15 is 0 Å². The van der Waals surface area contributed by atoms with E-state index in [1.807, 2.05) is 13.8 Å². The van der Waals surface area contributed by atoms with E-state index < -0.39 is 12.1 Å². The molecule has 5 nitrogen and oxygen atoms in total. The van der Waals surface area contributed by atoms with Gasteiger partial charge in [0.2, 0.25) is 5.91 Å².